The summed E-state index contributed by atoms with van der Waals surface area (Å²) in [5.41, 5.74) is 3.96. The third kappa shape index (κ3) is 2.63. The van der Waals surface area contributed by atoms with Gasteiger partial charge in [0.05, 0.1) is 6.54 Å². The summed E-state index contributed by atoms with van der Waals surface area (Å²) >= 11 is 3.46. The SMILES string of the molecule is Cc1cc(Br)cc(C(=O)Cn2cccc3ccnc2-3)c1C. The Hall–Kier alpha value is -1.94. The highest BCUT2D eigenvalue weighted by Crippen LogP contribution is 2.23. The minimum atomic E-state index is 0.0948. The summed E-state index contributed by atoms with van der Waals surface area (Å²) < 4.78 is 2.83. The van der Waals surface area contributed by atoms with Gasteiger partial charge in [-0.05, 0) is 55.3 Å². The molecule has 2 heterocycles. The van der Waals surface area contributed by atoms with Crippen LogP contribution >= 0.6 is 15.9 Å². The molecule has 1 aromatic rings. The van der Waals surface area contributed by atoms with Gasteiger partial charge in [-0.25, -0.2) is 4.98 Å². The van der Waals surface area contributed by atoms with E-state index in [-0.39, 0.29) is 5.78 Å². The van der Waals surface area contributed by atoms with Crippen molar-refractivity contribution in [1.29, 1.82) is 0 Å². The molecule has 0 unspecified atom stereocenters. The van der Waals surface area contributed by atoms with Gasteiger partial charge in [0, 0.05) is 28.0 Å². The molecule has 3 nitrogen and oxygen atoms in total. The van der Waals surface area contributed by atoms with Crippen molar-refractivity contribution in [3.05, 3.63) is 63.9 Å². The van der Waals surface area contributed by atoms with Crippen molar-refractivity contribution in [2.75, 3.05) is 0 Å². The predicted molar refractivity (Wildman–Crippen MR) is 86.8 cm³/mol. The third-order valence-corrected chi connectivity index (χ3v) is 4.23. The lowest BCUT2D eigenvalue weighted by Crippen LogP contribution is -2.14. The zero-order valence-corrected chi connectivity index (χ0v) is 13.5. The summed E-state index contributed by atoms with van der Waals surface area (Å²) in [6.07, 6.45) is 3.66. The Morgan fingerprint density at radius 1 is 1.29 bits per heavy atom. The van der Waals surface area contributed by atoms with Crippen LogP contribution in [0.2, 0.25) is 0 Å². The second kappa shape index (κ2) is 5.45. The van der Waals surface area contributed by atoms with Crippen LogP contribution in [0.4, 0.5) is 0 Å². The van der Waals surface area contributed by atoms with Crippen molar-refractivity contribution in [3.8, 4) is 11.4 Å². The fourth-order valence-electron chi connectivity index (χ4n) is 2.50. The second-order valence-electron chi connectivity index (χ2n) is 5.18. The summed E-state index contributed by atoms with van der Waals surface area (Å²) in [6.45, 7) is 4.30. The van der Waals surface area contributed by atoms with E-state index < -0.39 is 0 Å². The van der Waals surface area contributed by atoms with Gasteiger partial charge in [0.2, 0.25) is 0 Å². The van der Waals surface area contributed by atoms with Gasteiger partial charge < -0.3 is 4.57 Å². The van der Waals surface area contributed by atoms with Crippen LogP contribution in [-0.2, 0) is 6.54 Å². The zero-order valence-electron chi connectivity index (χ0n) is 11.9. The molecule has 1 aromatic carbocycles. The number of pyridine rings is 1. The first-order chi connectivity index (χ1) is 10.1. The average Bonchev–Trinajstić information content (AvgIpc) is 2.92. The first-order valence-corrected chi connectivity index (χ1v) is 7.55. The first-order valence-electron chi connectivity index (χ1n) is 6.76. The normalized spacial score (nSPS) is 11.0. The highest BCUT2D eigenvalue weighted by atomic mass is 79.9. The van der Waals surface area contributed by atoms with Crippen molar-refractivity contribution < 1.29 is 4.79 Å². The molecule has 0 spiro atoms. The molecule has 0 aliphatic carbocycles. The van der Waals surface area contributed by atoms with Crippen molar-refractivity contribution in [1.82, 2.24) is 9.55 Å². The Bertz CT molecular complexity index is 791. The van der Waals surface area contributed by atoms with Crippen LogP contribution in [0, 0.1) is 13.8 Å². The molecule has 21 heavy (non-hydrogen) atoms. The quantitative estimate of drug-likeness (QED) is 0.667. The van der Waals surface area contributed by atoms with E-state index in [1.165, 1.54) is 0 Å². The van der Waals surface area contributed by atoms with Crippen molar-refractivity contribution in [2.24, 2.45) is 0 Å². The van der Waals surface area contributed by atoms with E-state index in [1.54, 1.807) is 6.20 Å². The number of aromatic nitrogens is 2. The molecule has 0 bridgehead atoms. The van der Waals surface area contributed by atoms with Crippen molar-refractivity contribution in [3.63, 3.8) is 0 Å². The molecular formula is C17H15BrN2O. The molecule has 2 aliphatic heterocycles. The molecule has 3 rings (SSSR count). The number of hydrogen-bond donors (Lipinski definition) is 0. The molecule has 0 saturated carbocycles. The number of benzene rings is 1. The van der Waals surface area contributed by atoms with Crippen molar-refractivity contribution in [2.45, 2.75) is 20.4 Å². The zero-order chi connectivity index (χ0) is 15.0. The van der Waals surface area contributed by atoms with Gasteiger partial charge in [-0.3, -0.25) is 4.79 Å². The fraction of sp³-hybridized carbons (Fsp3) is 0.176. The molecule has 0 aromatic heterocycles. The maximum atomic E-state index is 12.6. The fourth-order valence-corrected chi connectivity index (χ4v) is 3.07. The molecule has 0 atom stereocenters. The Morgan fingerprint density at radius 3 is 2.90 bits per heavy atom. The summed E-state index contributed by atoms with van der Waals surface area (Å²) in [4.78, 5) is 17.0. The van der Waals surface area contributed by atoms with E-state index in [0.29, 0.717) is 6.54 Å². The minimum absolute atomic E-state index is 0.0948. The molecular weight excluding hydrogens is 328 g/mol. The maximum Gasteiger partial charge on any atom is 0.182 e. The molecule has 2 aliphatic rings. The number of aryl methyl sites for hydroxylation is 1. The topological polar surface area (TPSA) is 34.9 Å². The second-order valence-corrected chi connectivity index (χ2v) is 6.09. The Kier molecular flexibility index (Phi) is 3.64. The van der Waals surface area contributed by atoms with Crippen LogP contribution in [0.5, 0.6) is 0 Å². The van der Waals surface area contributed by atoms with E-state index >= 15 is 0 Å². The van der Waals surface area contributed by atoms with E-state index in [2.05, 4.69) is 20.9 Å². The summed E-state index contributed by atoms with van der Waals surface area (Å²) in [7, 11) is 0. The molecule has 4 heteroatoms. The van der Waals surface area contributed by atoms with Crippen LogP contribution in [0.25, 0.3) is 11.4 Å². The van der Waals surface area contributed by atoms with Crippen LogP contribution in [0.3, 0.4) is 0 Å². The largest absolute Gasteiger partial charge is 0.325 e. The highest BCUT2D eigenvalue weighted by Gasteiger charge is 2.15. The number of halogens is 1. The number of hydrogen-bond acceptors (Lipinski definition) is 2. The minimum Gasteiger partial charge on any atom is -0.325 e. The van der Waals surface area contributed by atoms with E-state index in [9.17, 15) is 4.79 Å². The van der Waals surface area contributed by atoms with Gasteiger partial charge in [0.1, 0.15) is 5.82 Å². The van der Waals surface area contributed by atoms with E-state index in [1.807, 2.05) is 54.9 Å². The Balaban J connectivity index is 1.96. The third-order valence-electron chi connectivity index (χ3n) is 3.77. The lowest BCUT2D eigenvalue weighted by atomic mass is 10.00. The predicted octanol–water partition coefficient (Wildman–Crippen LogP) is 4.25. The van der Waals surface area contributed by atoms with Crippen molar-refractivity contribution >= 4 is 21.7 Å². The molecule has 0 fully saturated rings. The molecule has 106 valence electrons. The lowest BCUT2D eigenvalue weighted by molar-refractivity contribution is 0.0971. The Morgan fingerprint density at radius 2 is 2.10 bits per heavy atom. The molecule has 0 saturated heterocycles. The summed E-state index contributed by atoms with van der Waals surface area (Å²) in [5.74, 6) is 0.938. The molecule has 0 radical (unpaired) electrons. The lowest BCUT2D eigenvalue weighted by Gasteiger charge is -2.13. The maximum absolute atomic E-state index is 12.6. The smallest absolute Gasteiger partial charge is 0.182 e. The van der Waals surface area contributed by atoms with Gasteiger partial charge in [0.25, 0.3) is 0 Å². The van der Waals surface area contributed by atoms with Crippen LogP contribution < -0.4 is 0 Å². The molecule has 0 N–H and O–H groups in total. The summed E-state index contributed by atoms with van der Waals surface area (Å²) in [6, 6.07) is 9.81. The van der Waals surface area contributed by atoms with Crippen LogP contribution in [0.15, 0.2) is 47.2 Å². The van der Waals surface area contributed by atoms with Crippen LogP contribution in [-0.4, -0.2) is 15.3 Å². The van der Waals surface area contributed by atoms with E-state index in [0.717, 1.165) is 32.6 Å². The summed E-state index contributed by atoms with van der Waals surface area (Å²) in [5, 5.41) is 0. The van der Waals surface area contributed by atoms with Gasteiger partial charge in [0.15, 0.2) is 5.78 Å². The van der Waals surface area contributed by atoms with Crippen LogP contribution in [0.1, 0.15) is 21.5 Å². The van der Waals surface area contributed by atoms with Gasteiger partial charge in [-0.1, -0.05) is 15.9 Å². The van der Waals surface area contributed by atoms with Gasteiger partial charge in [-0.15, -0.1) is 0 Å². The number of rotatable bonds is 3. The Labute approximate surface area is 132 Å². The monoisotopic (exact) mass is 342 g/mol. The highest BCUT2D eigenvalue weighted by molar-refractivity contribution is 9.10. The number of fused-ring (bicyclic) bond motifs is 1. The number of nitrogens with zero attached hydrogens (tertiary/aromatic N) is 2. The molecule has 0 amide bonds. The standard InChI is InChI=1S/C17H15BrN2O/c1-11-8-14(18)9-15(12(11)2)16(21)10-20-7-3-4-13-5-6-19-17(13)20/h3-9H,10H2,1-2H3. The average molecular weight is 343 g/mol. The number of Topliss-reactive ketones (excluding diaryl/α,β-unsaturated/α-hetero) is 1. The number of carbonyl (C=O) groups is 1. The first kappa shape index (κ1) is 14.0. The number of ketones is 1. The van der Waals surface area contributed by atoms with E-state index in [4.69, 9.17) is 0 Å². The number of carbonyl (C=O) groups excluding carboxylic acids is 1. The van der Waals surface area contributed by atoms with Gasteiger partial charge >= 0.3 is 0 Å². The van der Waals surface area contributed by atoms with Gasteiger partial charge in [-0.2, -0.15) is 0 Å².